The summed E-state index contributed by atoms with van der Waals surface area (Å²) in [5.74, 6) is 0.542. The third-order valence-electron chi connectivity index (χ3n) is 3.27. The number of benzene rings is 2. The Hall–Kier alpha value is -2.82. The third-order valence-corrected chi connectivity index (χ3v) is 3.27. The lowest BCUT2D eigenvalue weighted by atomic mass is 10.1. The molecule has 0 aliphatic rings. The number of carbonyl (C=O) groups excluding carboxylic acids is 1. The molecule has 1 aromatic heterocycles. The van der Waals surface area contributed by atoms with Gasteiger partial charge in [0, 0.05) is 12.1 Å². The maximum Gasteiger partial charge on any atom is 0.251 e. The summed E-state index contributed by atoms with van der Waals surface area (Å²) >= 11 is 0. The lowest BCUT2D eigenvalue weighted by Crippen LogP contribution is -2.22. The fraction of sp³-hybridized carbons (Fsp3) is 0.125. The van der Waals surface area contributed by atoms with Gasteiger partial charge in [0.05, 0.1) is 24.5 Å². The van der Waals surface area contributed by atoms with Crippen molar-refractivity contribution in [1.29, 1.82) is 0 Å². The van der Waals surface area contributed by atoms with Crippen molar-refractivity contribution in [3.8, 4) is 5.75 Å². The van der Waals surface area contributed by atoms with Crippen molar-refractivity contribution < 1.29 is 9.53 Å². The highest BCUT2D eigenvalue weighted by Gasteiger charge is 2.06. The summed E-state index contributed by atoms with van der Waals surface area (Å²) < 4.78 is 5.12. The molecule has 21 heavy (non-hydrogen) atoms. The molecule has 0 aliphatic carbocycles. The first-order chi connectivity index (χ1) is 10.3. The number of H-pyrrole nitrogens is 1. The summed E-state index contributed by atoms with van der Waals surface area (Å²) in [6.07, 6.45) is 1.66. The molecule has 2 N–H and O–H groups in total. The zero-order chi connectivity index (χ0) is 14.7. The molecule has 0 saturated heterocycles. The van der Waals surface area contributed by atoms with Gasteiger partial charge >= 0.3 is 0 Å². The van der Waals surface area contributed by atoms with Crippen LogP contribution in [0.2, 0.25) is 0 Å². The molecule has 0 atom stereocenters. The molecule has 2 aromatic carbocycles. The van der Waals surface area contributed by atoms with Gasteiger partial charge in [-0.3, -0.25) is 4.79 Å². The Balaban J connectivity index is 1.69. The van der Waals surface area contributed by atoms with Crippen molar-refractivity contribution >= 4 is 16.9 Å². The number of rotatable bonds is 4. The van der Waals surface area contributed by atoms with E-state index in [1.54, 1.807) is 31.6 Å². The Morgan fingerprint density at radius 2 is 2.19 bits per heavy atom. The second-order valence-corrected chi connectivity index (χ2v) is 4.67. The second kappa shape index (κ2) is 5.66. The van der Waals surface area contributed by atoms with Gasteiger partial charge in [0.15, 0.2) is 0 Å². The standard InChI is InChI=1S/C16H15N3O2/c1-21-13-4-2-3-12(8-13)16(20)17-9-11-5-6-14-15(7-11)19-10-18-14/h2-8,10H,9H2,1H3,(H,17,20)(H,18,19). The Morgan fingerprint density at radius 3 is 3.05 bits per heavy atom. The van der Waals surface area contributed by atoms with E-state index < -0.39 is 0 Å². The third kappa shape index (κ3) is 2.86. The maximum atomic E-state index is 12.1. The highest BCUT2D eigenvalue weighted by molar-refractivity contribution is 5.94. The number of fused-ring (bicyclic) bond motifs is 1. The molecule has 1 amide bonds. The fourth-order valence-electron chi connectivity index (χ4n) is 2.14. The van der Waals surface area contributed by atoms with Crippen molar-refractivity contribution in [2.45, 2.75) is 6.54 Å². The van der Waals surface area contributed by atoms with Gasteiger partial charge in [-0.25, -0.2) is 4.98 Å². The molecule has 5 nitrogen and oxygen atoms in total. The van der Waals surface area contributed by atoms with E-state index in [9.17, 15) is 4.79 Å². The summed E-state index contributed by atoms with van der Waals surface area (Å²) in [5, 5.41) is 2.89. The first kappa shape index (κ1) is 13.2. The monoisotopic (exact) mass is 281 g/mol. The van der Waals surface area contributed by atoms with Gasteiger partial charge in [0.1, 0.15) is 5.75 Å². The Bertz CT molecular complexity index is 780. The van der Waals surface area contributed by atoms with Crippen molar-refractivity contribution in [2.75, 3.05) is 7.11 Å². The highest BCUT2D eigenvalue weighted by Crippen LogP contribution is 2.14. The van der Waals surface area contributed by atoms with Crippen LogP contribution in [0.15, 0.2) is 48.8 Å². The molecular formula is C16H15N3O2. The molecule has 106 valence electrons. The van der Waals surface area contributed by atoms with Crippen LogP contribution in [0.25, 0.3) is 11.0 Å². The number of ether oxygens (including phenoxy) is 1. The number of nitrogens with zero attached hydrogens (tertiary/aromatic N) is 1. The maximum absolute atomic E-state index is 12.1. The smallest absolute Gasteiger partial charge is 0.251 e. The van der Waals surface area contributed by atoms with Crippen molar-refractivity contribution in [3.63, 3.8) is 0 Å². The van der Waals surface area contributed by atoms with E-state index in [-0.39, 0.29) is 5.91 Å². The number of aromatic nitrogens is 2. The van der Waals surface area contributed by atoms with Crippen LogP contribution in [0.4, 0.5) is 0 Å². The molecule has 3 rings (SSSR count). The topological polar surface area (TPSA) is 67.0 Å². The van der Waals surface area contributed by atoms with Crippen LogP contribution in [0.5, 0.6) is 5.75 Å². The summed E-state index contributed by atoms with van der Waals surface area (Å²) in [6, 6.07) is 12.9. The van der Waals surface area contributed by atoms with E-state index in [4.69, 9.17) is 4.74 Å². The summed E-state index contributed by atoms with van der Waals surface area (Å²) in [6.45, 7) is 0.463. The number of methoxy groups -OCH3 is 1. The van der Waals surface area contributed by atoms with Gasteiger partial charge in [-0.05, 0) is 35.9 Å². The molecule has 5 heteroatoms. The number of amides is 1. The number of hydrogen-bond donors (Lipinski definition) is 2. The molecule has 0 radical (unpaired) electrons. The van der Waals surface area contributed by atoms with Crippen molar-refractivity contribution in [1.82, 2.24) is 15.3 Å². The van der Waals surface area contributed by atoms with Crippen LogP contribution in [0.1, 0.15) is 15.9 Å². The zero-order valence-electron chi connectivity index (χ0n) is 11.6. The number of carbonyl (C=O) groups is 1. The molecule has 0 fully saturated rings. The predicted octanol–water partition coefficient (Wildman–Crippen LogP) is 2.50. The summed E-state index contributed by atoms with van der Waals surface area (Å²) in [5.41, 5.74) is 3.47. The van der Waals surface area contributed by atoms with Gasteiger partial charge < -0.3 is 15.0 Å². The summed E-state index contributed by atoms with van der Waals surface area (Å²) in [4.78, 5) is 19.3. The molecule has 1 heterocycles. The van der Waals surface area contributed by atoms with E-state index in [1.165, 1.54) is 0 Å². The minimum Gasteiger partial charge on any atom is -0.497 e. The Morgan fingerprint density at radius 1 is 1.29 bits per heavy atom. The second-order valence-electron chi connectivity index (χ2n) is 4.67. The predicted molar refractivity (Wildman–Crippen MR) is 80.3 cm³/mol. The van der Waals surface area contributed by atoms with Gasteiger partial charge in [-0.1, -0.05) is 12.1 Å². The SMILES string of the molecule is COc1cccc(C(=O)NCc2ccc3nc[nH]c3c2)c1. The highest BCUT2D eigenvalue weighted by atomic mass is 16.5. The number of hydrogen-bond acceptors (Lipinski definition) is 3. The molecular weight excluding hydrogens is 266 g/mol. The van der Waals surface area contributed by atoms with E-state index in [2.05, 4.69) is 15.3 Å². The lowest BCUT2D eigenvalue weighted by molar-refractivity contribution is 0.0950. The fourth-order valence-corrected chi connectivity index (χ4v) is 2.14. The number of aromatic amines is 1. The van der Waals surface area contributed by atoms with E-state index in [0.717, 1.165) is 16.6 Å². The average molecular weight is 281 g/mol. The molecule has 0 aliphatic heterocycles. The van der Waals surface area contributed by atoms with Crippen molar-refractivity contribution in [3.05, 3.63) is 59.9 Å². The first-order valence-electron chi connectivity index (χ1n) is 6.60. The van der Waals surface area contributed by atoms with Crippen LogP contribution in [0, 0.1) is 0 Å². The van der Waals surface area contributed by atoms with Gasteiger partial charge in [0.25, 0.3) is 5.91 Å². The Labute approximate surface area is 122 Å². The molecule has 0 spiro atoms. The van der Waals surface area contributed by atoms with Gasteiger partial charge in [0.2, 0.25) is 0 Å². The minimum absolute atomic E-state index is 0.126. The van der Waals surface area contributed by atoms with Crippen molar-refractivity contribution in [2.24, 2.45) is 0 Å². The molecule has 0 unspecified atom stereocenters. The van der Waals surface area contributed by atoms with E-state index in [0.29, 0.717) is 17.9 Å². The summed E-state index contributed by atoms with van der Waals surface area (Å²) in [7, 11) is 1.58. The minimum atomic E-state index is -0.126. The average Bonchev–Trinajstić information content (AvgIpc) is 3.00. The Kier molecular flexibility index (Phi) is 3.55. The van der Waals surface area contributed by atoms with E-state index in [1.807, 2.05) is 24.3 Å². The van der Waals surface area contributed by atoms with Gasteiger partial charge in [-0.2, -0.15) is 0 Å². The largest absolute Gasteiger partial charge is 0.497 e. The van der Waals surface area contributed by atoms with Crippen LogP contribution >= 0.6 is 0 Å². The van der Waals surface area contributed by atoms with Crippen LogP contribution < -0.4 is 10.1 Å². The van der Waals surface area contributed by atoms with Gasteiger partial charge in [-0.15, -0.1) is 0 Å². The zero-order valence-corrected chi connectivity index (χ0v) is 11.6. The van der Waals surface area contributed by atoms with Crippen LogP contribution in [0.3, 0.4) is 0 Å². The molecule has 3 aromatic rings. The quantitative estimate of drug-likeness (QED) is 0.772. The molecule has 0 saturated carbocycles. The van der Waals surface area contributed by atoms with E-state index >= 15 is 0 Å². The number of imidazole rings is 1. The normalized spacial score (nSPS) is 10.5. The molecule has 0 bridgehead atoms. The van der Waals surface area contributed by atoms with Crippen LogP contribution in [-0.4, -0.2) is 23.0 Å². The van der Waals surface area contributed by atoms with Crippen LogP contribution in [-0.2, 0) is 6.54 Å². The first-order valence-corrected chi connectivity index (χ1v) is 6.60. The number of nitrogens with one attached hydrogen (secondary N) is 2. The lowest BCUT2D eigenvalue weighted by Gasteiger charge is -2.07.